The van der Waals surface area contributed by atoms with Gasteiger partial charge in [0.05, 0.1) is 0 Å². The number of nitrogens with two attached hydrogens (primary N) is 1. The molecule has 92 valence electrons. The van der Waals surface area contributed by atoms with Crippen LogP contribution in [0.25, 0.3) is 0 Å². The third kappa shape index (κ3) is 3.01. The molecule has 18 heavy (non-hydrogen) atoms. The molecular weight excluding hydrogens is 246 g/mol. The summed E-state index contributed by atoms with van der Waals surface area (Å²) in [6.07, 6.45) is 3.52. The van der Waals surface area contributed by atoms with Crippen molar-refractivity contribution in [3.05, 3.63) is 48.3 Å². The Balaban J connectivity index is 2.11. The Morgan fingerprint density at radius 2 is 2.00 bits per heavy atom. The number of nitrogens with zero attached hydrogens (tertiary/aromatic N) is 1. The molecule has 0 spiro atoms. The second-order valence-corrected chi connectivity index (χ2v) is 4.54. The van der Waals surface area contributed by atoms with Crippen LogP contribution in [0, 0.1) is 0 Å². The molecule has 0 aliphatic rings. The number of nitrogen functional groups attached to an aromatic ring is 1. The van der Waals surface area contributed by atoms with Crippen LogP contribution in [-0.2, 0) is 0 Å². The first-order chi connectivity index (χ1) is 8.69. The fourth-order valence-electron chi connectivity index (χ4n) is 1.44. The average molecular weight is 259 g/mol. The molecule has 0 saturated heterocycles. The van der Waals surface area contributed by atoms with E-state index in [0.717, 1.165) is 10.6 Å². The summed E-state index contributed by atoms with van der Waals surface area (Å²) in [6.45, 7) is 0. The summed E-state index contributed by atoms with van der Waals surface area (Å²) in [5, 5.41) is 2.77. The molecule has 0 unspecified atom stereocenters. The van der Waals surface area contributed by atoms with E-state index in [1.54, 1.807) is 23.9 Å². The summed E-state index contributed by atoms with van der Waals surface area (Å²) < 4.78 is 0. The Labute approximate surface area is 110 Å². The van der Waals surface area contributed by atoms with Crippen LogP contribution in [0.4, 0.5) is 11.4 Å². The van der Waals surface area contributed by atoms with Crippen molar-refractivity contribution >= 4 is 29.0 Å². The average Bonchev–Trinajstić information content (AvgIpc) is 2.39. The summed E-state index contributed by atoms with van der Waals surface area (Å²) in [5.41, 5.74) is 7.17. The van der Waals surface area contributed by atoms with Crippen LogP contribution in [-0.4, -0.2) is 17.1 Å². The number of hydrogen-bond acceptors (Lipinski definition) is 4. The van der Waals surface area contributed by atoms with Gasteiger partial charge in [-0.25, -0.2) is 0 Å². The number of carbonyl (C=O) groups excluding carboxylic acids is 1. The fraction of sp³-hybridized carbons (Fsp3) is 0.0769. The highest BCUT2D eigenvalue weighted by molar-refractivity contribution is 7.98. The lowest BCUT2D eigenvalue weighted by Crippen LogP contribution is -2.13. The van der Waals surface area contributed by atoms with Crippen molar-refractivity contribution in [2.75, 3.05) is 17.3 Å². The number of carbonyl (C=O) groups is 1. The minimum Gasteiger partial charge on any atom is -0.399 e. The van der Waals surface area contributed by atoms with E-state index >= 15 is 0 Å². The van der Waals surface area contributed by atoms with Crippen LogP contribution in [0.15, 0.2) is 47.5 Å². The molecule has 4 nitrogen and oxygen atoms in total. The molecule has 0 aliphatic carbocycles. The van der Waals surface area contributed by atoms with E-state index in [-0.39, 0.29) is 5.91 Å². The summed E-state index contributed by atoms with van der Waals surface area (Å²) >= 11 is 1.65. The van der Waals surface area contributed by atoms with E-state index in [1.807, 2.05) is 30.5 Å². The minimum atomic E-state index is -0.265. The molecule has 1 aromatic carbocycles. The van der Waals surface area contributed by atoms with Crippen LogP contribution in [0.3, 0.4) is 0 Å². The van der Waals surface area contributed by atoms with Gasteiger partial charge in [0.25, 0.3) is 5.91 Å². The van der Waals surface area contributed by atoms with Gasteiger partial charge in [-0.05, 0) is 42.7 Å². The van der Waals surface area contributed by atoms with Crippen LogP contribution in [0.2, 0.25) is 0 Å². The maximum absolute atomic E-state index is 11.9. The molecule has 1 aromatic heterocycles. The van der Waals surface area contributed by atoms with Gasteiger partial charge in [-0.2, -0.15) is 0 Å². The molecule has 1 amide bonds. The Bertz CT molecular complexity index is 554. The van der Waals surface area contributed by atoms with Crippen LogP contribution in [0.5, 0.6) is 0 Å². The molecule has 0 bridgehead atoms. The monoisotopic (exact) mass is 259 g/mol. The number of benzene rings is 1. The van der Waals surface area contributed by atoms with Crippen molar-refractivity contribution in [1.82, 2.24) is 4.98 Å². The molecule has 0 fully saturated rings. The molecule has 0 saturated carbocycles. The Morgan fingerprint density at radius 1 is 1.28 bits per heavy atom. The van der Waals surface area contributed by atoms with Crippen molar-refractivity contribution in [1.29, 1.82) is 0 Å². The molecule has 5 heteroatoms. The second-order valence-electron chi connectivity index (χ2n) is 3.66. The van der Waals surface area contributed by atoms with Crippen molar-refractivity contribution in [3.63, 3.8) is 0 Å². The van der Waals surface area contributed by atoms with Gasteiger partial charge in [0.2, 0.25) is 0 Å². The van der Waals surface area contributed by atoms with E-state index in [1.165, 1.54) is 6.20 Å². The van der Waals surface area contributed by atoms with Gasteiger partial charge in [-0.1, -0.05) is 0 Å². The van der Waals surface area contributed by atoms with E-state index < -0.39 is 0 Å². The highest BCUT2D eigenvalue weighted by Gasteiger charge is 2.07. The highest BCUT2D eigenvalue weighted by Crippen LogP contribution is 2.18. The molecule has 0 aliphatic heterocycles. The summed E-state index contributed by atoms with van der Waals surface area (Å²) in [5.74, 6) is -0.265. The van der Waals surface area contributed by atoms with Crippen molar-refractivity contribution in [3.8, 4) is 0 Å². The first-order valence-electron chi connectivity index (χ1n) is 5.36. The second kappa shape index (κ2) is 5.55. The number of aromatic nitrogens is 1. The zero-order valence-corrected chi connectivity index (χ0v) is 10.7. The van der Waals surface area contributed by atoms with E-state index in [2.05, 4.69) is 10.3 Å². The predicted molar refractivity (Wildman–Crippen MR) is 74.8 cm³/mol. The van der Waals surface area contributed by atoms with Crippen molar-refractivity contribution < 1.29 is 4.79 Å². The normalized spacial score (nSPS) is 10.1. The summed E-state index contributed by atoms with van der Waals surface area (Å²) in [6, 6.07) is 10.8. The standard InChI is InChI=1S/C13H13N3OS/c1-18-11-4-2-10(3-5-11)16-13(17)12-8-9(14)6-7-15-12/h2-8H,1H3,(H2,14,15)(H,16,17). The van der Waals surface area contributed by atoms with Crippen molar-refractivity contribution in [2.24, 2.45) is 0 Å². The highest BCUT2D eigenvalue weighted by atomic mass is 32.2. The lowest BCUT2D eigenvalue weighted by atomic mass is 10.3. The number of nitrogens with one attached hydrogen (secondary N) is 1. The Kier molecular flexibility index (Phi) is 3.84. The maximum atomic E-state index is 11.9. The number of hydrogen-bond donors (Lipinski definition) is 2. The van der Waals surface area contributed by atoms with Gasteiger partial charge in [-0.15, -0.1) is 11.8 Å². The van der Waals surface area contributed by atoms with Gasteiger partial charge in [-0.3, -0.25) is 9.78 Å². The summed E-state index contributed by atoms with van der Waals surface area (Å²) in [7, 11) is 0. The smallest absolute Gasteiger partial charge is 0.274 e. The molecule has 2 rings (SSSR count). The Morgan fingerprint density at radius 3 is 2.61 bits per heavy atom. The molecular formula is C13H13N3OS. The fourth-order valence-corrected chi connectivity index (χ4v) is 1.85. The number of rotatable bonds is 3. The van der Waals surface area contributed by atoms with E-state index in [4.69, 9.17) is 5.73 Å². The van der Waals surface area contributed by atoms with Gasteiger partial charge in [0.1, 0.15) is 5.69 Å². The largest absolute Gasteiger partial charge is 0.399 e. The quantitative estimate of drug-likeness (QED) is 0.831. The number of anilines is 2. The van der Waals surface area contributed by atoms with Crippen LogP contribution >= 0.6 is 11.8 Å². The number of thioether (sulfide) groups is 1. The van der Waals surface area contributed by atoms with Crippen LogP contribution < -0.4 is 11.1 Å². The summed E-state index contributed by atoms with van der Waals surface area (Å²) in [4.78, 5) is 17.0. The SMILES string of the molecule is CSc1ccc(NC(=O)c2cc(N)ccn2)cc1. The lowest BCUT2D eigenvalue weighted by molar-refractivity contribution is 0.102. The molecule has 3 N–H and O–H groups in total. The zero-order chi connectivity index (χ0) is 13.0. The Hall–Kier alpha value is -2.01. The number of amides is 1. The molecule has 2 aromatic rings. The maximum Gasteiger partial charge on any atom is 0.274 e. The third-order valence-corrected chi connectivity index (χ3v) is 3.11. The number of pyridine rings is 1. The zero-order valence-electron chi connectivity index (χ0n) is 9.88. The van der Waals surface area contributed by atoms with Gasteiger partial charge in [0.15, 0.2) is 0 Å². The first-order valence-corrected chi connectivity index (χ1v) is 6.58. The topological polar surface area (TPSA) is 68.0 Å². The van der Waals surface area contributed by atoms with Gasteiger partial charge >= 0.3 is 0 Å². The molecule has 0 radical (unpaired) electrons. The predicted octanol–water partition coefficient (Wildman–Crippen LogP) is 2.64. The van der Waals surface area contributed by atoms with Crippen LogP contribution in [0.1, 0.15) is 10.5 Å². The molecule has 0 atom stereocenters. The van der Waals surface area contributed by atoms with Gasteiger partial charge in [0, 0.05) is 22.5 Å². The lowest BCUT2D eigenvalue weighted by Gasteiger charge is -2.05. The minimum absolute atomic E-state index is 0.265. The van der Waals surface area contributed by atoms with E-state index in [9.17, 15) is 4.79 Å². The van der Waals surface area contributed by atoms with Gasteiger partial charge < -0.3 is 11.1 Å². The molecule has 1 heterocycles. The van der Waals surface area contributed by atoms with Crippen molar-refractivity contribution in [2.45, 2.75) is 4.90 Å². The first kappa shape index (κ1) is 12.4. The van der Waals surface area contributed by atoms with E-state index in [0.29, 0.717) is 11.4 Å². The third-order valence-electron chi connectivity index (χ3n) is 2.36.